The number of amides is 1. The molecule has 5 nitrogen and oxygen atoms in total. The molecule has 2 aromatic carbocycles. The van der Waals surface area contributed by atoms with Crippen LogP contribution in [0.25, 0.3) is 10.9 Å². The fourth-order valence-electron chi connectivity index (χ4n) is 3.53. The van der Waals surface area contributed by atoms with Gasteiger partial charge in [0.15, 0.2) is 0 Å². The van der Waals surface area contributed by atoms with Crippen molar-refractivity contribution in [3.8, 4) is 0 Å². The summed E-state index contributed by atoms with van der Waals surface area (Å²) < 4.78 is 1.95. The van der Waals surface area contributed by atoms with E-state index in [0.717, 1.165) is 33.5 Å². The summed E-state index contributed by atoms with van der Waals surface area (Å²) >= 11 is 0. The van der Waals surface area contributed by atoms with Gasteiger partial charge in [0, 0.05) is 17.1 Å². The molecule has 5 heteroatoms. The van der Waals surface area contributed by atoms with Crippen LogP contribution in [0.4, 0.5) is 5.69 Å². The summed E-state index contributed by atoms with van der Waals surface area (Å²) in [6.45, 7) is 6.69. The van der Waals surface area contributed by atoms with Gasteiger partial charge in [-0.05, 0) is 38.0 Å². The molecule has 4 aromatic rings. The molecule has 0 spiro atoms. The number of aromatic amines is 1. The second-order valence-corrected chi connectivity index (χ2v) is 7.27. The molecule has 0 unspecified atom stereocenters. The summed E-state index contributed by atoms with van der Waals surface area (Å²) in [6, 6.07) is 16.4. The van der Waals surface area contributed by atoms with Gasteiger partial charge in [0.1, 0.15) is 0 Å². The molecule has 0 aliphatic heterocycles. The molecular weight excluding hydrogens is 348 g/mol. The van der Waals surface area contributed by atoms with E-state index in [0.29, 0.717) is 13.0 Å². The van der Waals surface area contributed by atoms with Crippen LogP contribution >= 0.6 is 0 Å². The number of nitrogens with one attached hydrogen (secondary N) is 2. The fraction of sp³-hybridized carbons (Fsp3) is 0.217. The molecule has 2 aromatic heterocycles. The van der Waals surface area contributed by atoms with Gasteiger partial charge in [0.2, 0.25) is 5.91 Å². The van der Waals surface area contributed by atoms with Gasteiger partial charge in [-0.15, -0.1) is 0 Å². The van der Waals surface area contributed by atoms with Gasteiger partial charge >= 0.3 is 0 Å². The quantitative estimate of drug-likeness (QED) is 0.541. The van der Waals surface area contributed by atoms with Crippen molar-refractivity contribution in [2.75, 3.05) is 5.32 Å². The number of fused-ring (bicyclic) bond motifs is 1. The molecule has 4 rings (SSSR count). The maximum atomic E-state index is 12.7. The Hall–Kier alpha value is -3.34. The van der Waals surface area contributed by atoms with Crippen LogP contribution in [0.15, 0.2) is 54.7 Å². The van der Waals surface area contributed by atoms with Crippen molar-refractivity contribution in [1.29, 1.82) is 0 Å². The van der Waals surface area contributed by atoms with Crippen molar-refractivity contribution >= 4 is 22.5 Å². The van der Waals surface area contributed by atoms with Crippen molar-refractivity contribution in [2.24, 2.45) is 0 Å². The first kappa shape index (κ1) is 18.0. The van der Waals surface area contributed by atoms with Crippen LogP contribution in [0, 0.1) is 20.8 Å². The van der Waals surface area contributed by atoms with E-state index in [-0.39, 0.29) is 5.91 Å². The number of H-pyrrole nitrogens is 1. The smallest absolute Gasteiger partial charge is 0.228 e. The highest BCUT2D eigenvalue weighted by atomic mass is 16.1. The Morgan fingerprint density at radius 2 is 1.82 bits per heavy atom. The molecule has 0 saturated heterocycles. The van der Waals surface area contributed by atoms with Gasteiger partial charge in [-0.1, -0.05) is 48.0 Å². The summed E-state index contributed by atoms with van der Waals surface area (Å²) in [7, 11) is 0. The Kier molecular flexibility index (Phi) is 4.74. The van der Waals surface area contributed by atoms with Gasteiger partial charge in [-0.3, -0.25) is 9.48 Å². The molecule has 0 saturated carbocycles. The zero-order valence-corrected chi connectivity index (χ0v) is 16.4. The lowest BCUT2D eigenvalue weighted by molar-refractivity contribution is -0.115. The van der Waals surface area contributed by atoms with Crippen molar-refractivity contribution in [3.05, 3.63) is 82.8 Å². The van der Waals surface area contributed by atoms with Crippen LogP contribution in [0.3, 0.4) is 0 Å². The molecule has 0 aliphatic carbocycles. The van der Waals surface area contributed by atoms with E-state index in [1.807, 2.05) is 49.0 Å². The van der Waals surface area contributed by atoms with Crippen molar-refractivity contribution in [1.82, 2.24) is 14.8 Å². The molecule has 1 amide bonds. The Morgan fingerprint density at radius 1 is 1.07 bits per heavy atom. The van der Waals surface area contributed by atoms with E-state index < -0.39 is 0 Å². The summed E-state index contributed by atoms with van der Waals surface area (Å²) in [4.78, 5) is 15.9. The Bertz CT molecular complexity index is 1140. The zero-order chi connectivity index (χ0) is 19.7. The van der Waals surface area contributed by atoms with Gasteiger partial charge in [0.05, 0.1) is 30.0 Å². The number of para-hydroxylation sites is 1. The Labute approximate surface area is 164 Å². The molecule has 0 aliphatic rings. The van der Waals surface area contributed by atoms with Crippen LogP contribution < -0.4 is 5.32 Å². The maximum Gasteiger partial charge on any atom is 0.228 e. The predicted molar refractivity (Wildman–Crippen MR) is 113 cm³/mol. The summed E-state index contributed by atoms with van der Waals surface area (Å²) in [6.07, 6.45) is 2.23. The standard InChI is InChI=1S/C23H24N4O/c1-15-8-10-18(11-9-15)14-27-17(3)23(16(2)26-27)25-22(28)12-19-13-24-21-7-5-4-6-20(19)21/h4-11,13,24H,12,14H2,1-3H3,(H,25,28). The minimum Gasteiger partial charge on any atom is -0.361 e. The number of rotatable bonds is 5. The number of aryl methyl sites for hydroxylation is 2. The van der Waals surface area contributed by atoms with Gasteiger partial charge in [-0.25, -0.2) is 0 Å². The number of carbonyl (C=O) groups is 1. The highest BCUT2D eigenvalue weighted by molar-refractivity contribution is 5.96. The predicted octanol–water partition coefficient (Wildman–Crippen LogP) is 4.52. The molecule has 2 N–H and O–H groups in total. The summed E-state index contributed by atoms with van der Waals surface area (Å²) in [5.41, 5.74) is 7.06. The minimum absolute atomic E-state index is 0.0363. The van der Waals surface area contributed by atoms with Crippen molar-refractivity contribution in [2.45, 2.75) is 33.7 Å². The van der Waals surface area contributed by atoms with Crippen LogP contribution in [-0.4, -0.2) is 20.7 Å². The maximum absolute atomic E-state index is 12.7. The van der Waals surface area contributed by atoms with Crippen molar-refractivity contribution in [3.63, 3.8) is 0 Å². The number of anilines is 1. The summed E-state index contributed by atoms with van der Waals surface area (Å²) in [5, 5.41) is 8.77. The van der Waals surface area contributed by atoms with Crippen molar-refractivity contribution < 1.29 is 4.79 Å². The molecule has 28 heavy (non-hydrogen) atoms. The Balaban J connectivity index is 1.50. The van der Waals surface area contributed by atoms with Crippen LogP contribution in [0.1, 0.15) is 28.1 Å². The van der Waals surface area contributed by atoms with Crippen LogP contribution in [0.5, 0.6) is 0 Å². The first-order valence-corrected chi connectivity index (χ1v) is 9.45. The molecule has 0 radical (unpaired) electrons. The van der Waals surface area contributed by atoms with Crippen LogP contribution in [0.2, 0.25) is 0 Å². The van der Waals surface area contributed by atoms with Crippen LogP contribution in [-0.2, 0) is 17.8 Å². The number of hydrogen-bond acceptors (Lipinski definition) is 2. The van der Waals surface area contributed by atoms with Gasteiger partial charge in [0.25, 0.3) is 0 Å². The fourth-order valence-corrected chi connectivity index (χ4v) is 3.53. The second kappa shape index (κ2) is 7.35. The van der Waals surface area contributed by atoms with E-state index in [9.17, 15) is 4.79 Å². The minimum atomic E-state index is -0.0363. The molecular formula is C23H24N4O. The number of aromatic nitrogens is 3. The molecule has 2 heterocycles. The van der Waals surface area contributed by atoms with Gasteiger partial charge < -0.3 is 10.3 Å². The average Bonchev–Trinajstić information content (AvgIpc) is 3.20. The number of hydrogen-bond donors (Lipinski definition) is 2. The number of nitrogens with zero attached hydrogens (tertiary/aromatic N) is 2. The lowest BCUT2D eigenvalue weighted by Crippen LogP contribution is -2.15. The zero-order valence-electron chi connectivity index (χ0n) is 16.4. The van der Waals surface area contributed by atoms with E-state index in [2.05, 4.69) is 46.6 Å². The molecule has 142 valence electrons. The number of carbonyl (C=O) groups excluding carboxylic acids is 1. The van der Waals surface area contributed by atoms with E-state index >= 15 is 0 Å². The molecule has 0 atom stereocenters. The van der Waals surface area contributed by atoms with E-state index in [1.165, 1.54) is 11.1 Å². The third kappa shape index (κ3) is 3.56. The third-order valence-electron chi connectivity index (χ3n) is 5.12. The lowest BCUT2D eigenvalue weighted by Gasteiger charge is -2.08. The average molecular weight is 372 g/mol. The normalized spacial score (nSPS) is 11.1. The monoisotopic (exact) mass is 372 g/mol. The molecule has 0 fully saturated rings. The highest BCUT2D eigenvalue weighted by Crippen LogP contribution is 2.22. The third-order valence-corrected chi connectivity index (χ3v) is 5.12. The van der Waals surface area contributed by atoms with Gasteiger partial charge in [-0.2, -0.15) is 5.10 Å². The first-order valence-electron chi connectivity index (χ1n) is 9.45. The molecule has 0 bridgehead atoms. The number of benzene rings is 2. The SMILES string of the molecule is Cc1ccc(Cn2nc(C)c(NC(=O)Cc3c[nH]c4ccccc34)c2C)cc1. The topological polar surface area (TPSA) is 62.7 Å². The van der Waals surface area contributed by atoms with E-state index in [1.54, 1.807) is 0 Å². The first-order chi connectivity index (χ1) is 13.5. The second-order valence-electron chi connectivity index (χ2n) is 7.27. The highest BCUT2D eigenvalue weighted by Gasteiger charge is 2.16. The largest absolute Gasteiger partial charge is 0.361 e. The van der Waals surface area contributed by atoms with E-state index in [4.69, 9.17) is 0 Å². The summed E-state index contributed by atoms with van der Waals surface area (Å²) in [5.74, 6) is -0.0363. The lowest BCUT2D eigenvalue weighted by atomic mass is 10.1. The Morgan fingerprint density at radius 3 is 2.61 bits per heavy atom.